The third-order valence-electron chi connectivity index (χ3n) is 3.75. The van der Waals surface area contributed by atoms with Crippen molar-refractivity contribution in [1.29, 1.82) is 0 Å². The van der Waals surface area contributed by atoms with Crippen LogP contribution in [-0.2, 0) is 4.74 Å². The van der Waals surface area contributed by atoms with E-state index in [4.69, 9.17) is 9.47 Å². The van der Waals surface area contributed by atoms with Gasteiger partial charge in [0.1, 0.15) is 11.9 Å². The molecule has 0 spiro atoms. The predicted octanol–water partition coefficient (Wildman–Crippen LogP) is 2.69. The standard InChI is InChI=1S/C14H18BrNO2/c15-11-1-3-13(4-2-11)18-14-9-12(10-14)16-5-7-17-8-6-16/h1-4,12,14H,5-10H2/t12-,14+. The third-order valence-corrected chi connectivity index (χ3v) is 4.28. The van der Waals surface area contributed by atoms with Gasteiger partial charge in [-0.1, -0.05) is 15.9 Å². The number of halogens is 1. The van der Waals surface area contributed by atoms with Crippen molar-refractivity contribution in [2.24, 2.45) is 0 Å². The molecule has 1 aliphatic carbocycles. The SMILES string of the molecule is Brc1ccc(O[C@H]2C[C@@H](N3CCOCC3)C2)cc1. The summed E-state index contributed by atoms with van der Waals surface area (Å²) in [6.07, 6.45) is 2.69. The zero-order chi connectivity index (χ0) is 12.4. The average Bonchev–Trinajstić information content (AvgIpc) is 2.36. The molecule has 0 aromatic heterocycles. The fraction of sp³-hybridized carbons (Fsp3) is 0.571. The lowest BCUT2D eigenvalue weighted by Gasteiger charge is -2.44. The Morgan fingerprint density at radius 3 is 2.44 bits per heavy atom. The summed E-state index contributed by atoms with van der Waals surface area (Å²) in [5, 5.41) is 0. The van der Waals surface area contributed by atoms with Crippen molar-refractivity contribution in [3.63, 3.8) is 0 Å². The maximum Gasteiger partial charge on any atom is 0.119 e. The molecule has 1 saturated carbocycles. The highest BCUT2D eigenvalue weighted by Crippen LogP contribution is 2.30. The summed E-state index contributed by atoms with van der Waals surface area (Å²) in [6.45, 7) is 3.93. The molecule has 1 aromatic rings. The minimum absolute atomic E-state index is 0.388. The van der Waals surface area contributed by atoms with Crippen LogP contribution in [0.4, 0.5) is 0 Å². The Morgan fingerprint density at radius 2 is 1.78 bits per heavy atom. The van der Waals surface area contributed by atoms with E-state index in [1.54, 1.807) is 0 Å². The van der Waals surface area contributed by atoms with Crippen LogP contribution >= 0.6 is 15.9 Å². The van der Waals surface area contributed by atoms with E-state index in [0.29, 0.717) is 12.1 Å². The molecule has 1 aromatic carbocycles. The van der Waals surface area contributed by atoms with Gasteiger partial charge >= 0.3 is 0 Å². The van der Waals surface area contributed by atoms with Gasteiger partial charge in [0.05, 0.1) is 13.2 Å². The van der Waals surface area contributed by atoms with Gasteiger partial charge in [-0.2, -0.15) is 0 Å². The Morgan fingerprint density at radius 1 is 1.11 bits per heavy atom. The number of morpholine rings is 1. The lowest BCUT2D eigenvalue weighted by atomic mass is 9.87. The first-order chi connectivity index (χ1) is 8.81. The second kappa shape index (κ2) is 5.59. The molecule has 0 unspecified atom stereocenters. The van der Waals surface area contributed by atoms with Crippen molar-refractivity contribution in [2.75, 3.05) is 26.3 Å². The van der Waals surface area contributed by atoms with Crippen molar-refractivity contribution < 1.29 is 9.47 Å². The van der Waals surface area contributed by atoms with Gasteiger partial charge in [0.25, 0.3) is 0 Å². The summed E-state index contributed by atoms with van der Waals surface area (Å²) in [5.41, 5.74) is 0. The molecule has 0 bridgehead atoms. The smallest absolute Gasteiger partial charge is 0.119 e. The minimum Gasteiger partial charge on any atom is -0.490 e. The monoisotopic (exact) mass is 311 g/mol. The van der Waals surface area contributed by atoms with Gasteiger partial charge in [0.2, 0.25) is 0 Å². The molecule has 3 rings (SSSR count). The molecule has 2 fully saturated rings. The van der Waals surface area contributed by atoms with Crippen LogP contribution in [0.25, 0.3) is 0 Å². The van der Waals surface area contributed by atoms with Crippen molar-refractivity contribution in [2.45, 2.75) is 25.0 Å². The Hall–Kier alpha value is -0.580. The average molecular weight is 312 g/mol. The lowest BCUT2D eigenvalue weighted by molar-refractivity contribution is -0.0373. The van der Waals surface area contributed by atoms with Crippen LogP contribution in [0.1, 0.15) is 12.8 Å². The summed E-state index contributed by atoms with van der Waals surface area (Å²) in [6, 6.07) is 8.79. The molecule has 1 heterocycles. The van der Waals surface area contributed by atoms with E-state index in [1.807, 2.05) is 24.3 Å². The summed E-state index contributed by atoms with van der Waals surface area (Å²) in [5.74, 6) is 0.976. The normalized spacial score (nSPS) is 28.7. The number of hydrogen-bond donors (Lipinski definition) is 0. The fourth-order valence-corrected chi connectivity index (χ4v) is 2.84. The highest BCUT2D eigenvalue weighted by atomic mass is 79.9. The summed E-state index contributed by atoms with van der Waals surface area (Å²) >= 11 is 3.43. The highest BCUT2D eigenvalue weighted by molar-refractivity contribution is 9.10. The van der Waals surface area contributed by atoms with Crippen molar-refractivity contribution >= 4 is 15.9 Å². The van der Waals surface area contributed by atoms with Crippen LogP contribution in [0.3, 0.4) is 0 Å². The van der Waals surface area contributed by atoms with Gasteiger partial charge in [0.15, 0.2) is 0 Å². The molecular weight excluding hydrogens is 294 g/mol. The Labute approximate surface area is 116 Å². The molecule has 0 atom stereocenters. The van der Waals surface area contributed by atoms with Crippen LogP contribution in [0, 0.1) is 0 Å². The van der Waals surface area contributed by atoms with Crippen LogP contribution < -0.4 is 4.74 Å². The lowest BCUT2D eigenvalue weighted by Crippen LogP contribution is -2.52. The molecular formula is C14H18BrNO2. The van der Waals surface area contributed by atoms with E-state index in [2.05, 4.69) is 20.8 Å². The maximum absolute atomic E-state index is 5.95. The van der Waals surface area contributed by atoms with Gasteiger partial charge in [-0.3, -0.25) is 4.90 Å². The largest absolute Gasteiger partial charge is 0.490 e. The maximum atomic E-state index is 5.95. The number of nitrogens with zero attached hydrogens (tertiary/aromatic N) is 1. The second-order valence-corrected chi connectivity index (χ2v) is 5.88. The second-order valence-electron chi connectivity index (χ2n) is 4.97. The number of hydrogen-bond acceptors (Lipinski definition) is 3. The van der Waals surface area contributed by atoms with Crippen LogP contribution in [0.2, 0.25) is 0 Å². The van der Waals surface area contributed by atoms with Crippen molar-refractivity contribution in [3.05, 3.63) is 28.7 Å². The molecule has 3 nitrogen and oxygen atoms in total. The van der Waals surface area contributed by atoms with E-state index >= 15 is 0 Å². The fourth-order valence-electron chi connectivity index (χ4n) is 2.58. The van der Waals surface area contributed by atoms with E-state index in [-0.39, 0.29) is 0 Å². The third kappa shape index (κ3) is 2.87. The van der Waals surface area contributed by atoms with E-state index in [9.17, 15) is 0 Å². The Bertz CT molecular complexity index is 383. The minimum atomic E-state index is 0.388. The van der Waals surface area contributed by atoms with Crippen LogP contribution in [0.15, 0.2) is 28.7 Å². The molecule has 1 aliphatic heterocycles. The van der Waals surface area contributed by atoms with Gasteiger partial charge in [-0.25, -0.2) is 0 Å². The first-order valence-corrected chi connectivity index (χ1v) is 7.34. The molecule has 98 valence electrons. The first kappa shape index (κ1) is 12.5. The van der Waals surface area contributed by atoms with Crippen LogP contribution in [-0.4, -0.2) is 43.3 Å². The zero-order valence-electron chi connectivity index (χ0n) is 10.3. The Balaban J connectivity index is 1.46. The van der Waals surface area contributed by atoms with E-state index in [0.717, 1.165) is 49.4 Å². The topological polar surface area (TPSA) is 21.7 Å². The summed E-state index contributed by atoms with van der Waals surface area (Å²) in [7, 11) is 0. The highest BCUT2D eigenvalue weighted by Gasteiger charge is 2.35. The van der Waals surface area contributed by atoms with Crippen LogP contribution in [0.5, 0.6) is 5.75 Å². The molecule has 0 N–H and O–H groups in total. The number of ether oxygens (including phenoxy) is 2. The van der Waals surface area contributed by atoms with Gasteiger partial charge in [-0.05, 0) is 24.3 Å². The first-order valence-electron chi connectivity index (χ1n) is 6.55. The van der Waals surface area contributed by atoms with Gasteiger partial charge in [0, 0.05) is 36.4 Å². The van der Waals surface area contributed by atoms with Crippen molar-refractivity contribution in [1.82, 2.24) is 4.90 Å². The zero-order valence-corrected chi connectivity index (χ0v) is 11.9. The molecule has 4 heteroatoms. The summed E-state index contributed by atoms with van der Waals surface area (Å²) in [4.78, 5) is 2.53. The van der Waals surface area contributed by atoms with E-state index in [1.165, 1.54) is 0 Å². The predicted molar refractivity (Wildman–Crippen MR) is 74.0 cm³/mol. The summed E-state index contributed by atoms with van der Waals surface area (Å²) < 4.78 is 12.4. The quantitative estimate of drug-likeness (QED) is 0.856. The molecule has 2 aliphatic rings. The molecule has 1 saturated heterocycles. The van der Waals surface area contributed by atoms with Gasteiger partial charge < -0.3 is 9.47 Å². The van der Waals surface area contributed by atoms with Crippen molar-refractivity contribution in [3.8, 4) is 5.75 Å². The van der Waals surface area contributed by atoms with E-state index < -0.39 is 0 Å². The van der Waals surface area contributed by atoms with Gasteiger partial charge in [-0.15, -0.1) is 0 Å². The number of rotatable bonds is 3. The number of benzene rings is 1. The Kier molecular flexibility index (Phi) is 3.87. The molecule has 0 radical (unpaired) electrons. The molecule has 18 heavy (non-hydrogen) atoms. The molecule has 0 amide bonds.